The van der Waals surface area contributed by atoms with Gasteiger partial charge in [0.05, 0.1) is 41.3 Å². The summed E-state index contributed by atoms with van der Waals surface area (Å²) in [5.74, 6) is 0. The first-order valence-electron chi connectivity index (χ1n) is 19.4. The Morgan fingerprint density at radius 2 is 0.756 bits per heavy atom. The van der Waals surface area contributed by atoms with E-state index in [0.29, 0.717) is 0 Å². The van der Waals surface area contributed by atoms with Gasteiger partial charge in [-0.3, -0.25) is 0 Å². The maximum absolute atomic E-state index is 2.54. The SMILES string of the molecule is CCCCCCCCCCCC[N+](C)(C)Cc1cc(C[n+]2ccccc2)cc(C[N+](C)(C)CCCCCCCCCCCC)c1. The van der Waals surface area contributed by atoms with E-state index in [1.54, 1.807) is 0 Å². The fraction of sp³-hybridized carbons (Fsp3) is 0.738. The van der Waals surface area contributed by atoms with Crippen LogP contribution in [0.1, 0.15) is 159 Å². The highest BCUT2D eigenvalue weighted by atomic mass is 15.3. The molecule has 2 aromatic rings. The van der Waals surface area contributed by atoms with Crippen molar-refractivity contribution in [2.45, 2.75) is 162 Å². The van der Waals surface area contributed by atoms with E-state index in [1.807, 2.05) is 0 Å². The van der Waals surface area contributed by atoms with Gasteiger partial charge in [-0.1, -0.05) is 123 Å². The van der Waals surface area contributed by atoms with E-state index in [2.05, 4.69) is 95.4 Å². The summed E-state index contributed by atoms with van der Waals surface area (Å²) in [6.45, 7) is 10.3. The van der Waals surface area contributed by atoms with Crippen molar-refractivity contribution in [3.05, 3.63) is 65.5 Å². The predicted molar refractivity (Wildman–Crippen MR) is 197 cm³/mol. The Bertz CT molecular complexity index is 924. The maximum Gasteiger partial charge on any atom is 0.173 e. The van der Waals surface area contributed by atoms with E-state index in [9.17, 15) is 0 Å². The first kappa shape index (κ1) is 39.5. The van der Waals surface area contributed by atoms with Gasteiger partial charge in [-0.25, -0.2) is 4.57 Å². The third-order valence-corrected chi connectivity index (χ3v) is 9.71. The molecule has 3 heteroatoms. The van der Waals surface area contributed by atoms with Crippen molar-refractivity contribution in [2.24, 2.45) is 0 Å². The van der Waals surface area contributed by atoms with Crippen LogP contribution in [0.3, 0.4) is 0 Å². The lowest BCUT2D eigenvalue weighted by molar-refractivity contribution is -0.904. The number of hydrogen-bond acceptors (Lipinski definition) is 0. The summed E-state index contributed by atoms with van der Waals surface area (Å²) in [6, 6.07) is 13.9. The minimum atomic E-state index is 0.944. The van der Waals surface area contributed by atoms with Crippen LogP contribution in [0.2, 0.25) is 0 Å². The van der Waals surface area contributed by atoms with E-state index in [1.165, 1.54) is 158 Å². The highest BCUT2D eigenvalue weighted by Crippen LogP contribution is 2.20. The van der Waals surface area contributed by atoms with Crippen LogP contribution in [-0.2, 0) is 19.6 Å². The van der Waals surface area contributed by atoms with Gasteiger partial charge in [0.1, 0.15) is 13.1 Å². The molecule has 0 unspecified atom stereocenters. The van der Waals surface area contributed by atoms with Gasteiger partial charge in [0.2, 0.25) is 0 Å². The molecule has 1 aromatic carbocycles. The van der Waals surface area contributed by atoms with Gasteiger partial charge in [0, 0.05) is 28.8 Å². The van der Waals surface area contributed by atoms with Crippen molar-refractivity contribution in [1.29, 1.82) is 0 Å². The van der Waals surface area contributed by atoms with Gasteiger partial charge < -0.3 is 8.97 Å². The Hall–Kier alpha value is -1.71. The number of quaternary nitrogens is 2. The highest BCUT2D eigenvalue weighted by molar-refractivity contribution is 5.29. The summed E-state index contributed by atoms with van der Waals surface area (Å²) in [5.41, 5.74) is 4.46. The lowest BCUT2D eigenvalue weighted by atomic mass is 10.0. The Balaban J connectivity index is 1.87. The Morgan fingerprint density at radius 3 is 1.13 bits per heavy atom. The lowest BCUT2D eigenvalue weighted by Crippen LogP contribution is -2.40. The van der Waals surface area contributed by atoms with Crippen molar-refractivity contribution in [3.63, 3.8) is 0 Å². The summed E-state index contributed by atoms with van der Waals surface area (Å²) >= 11 is 0. The molecule has 1 heterocycles. The minimum absolute atomic E-state index is 0.944. The number of unbranched alkanes of at least 4 members (excludes halogenated alkanes) is 18. The van der Waals surface area contributed by atoms with Crippen LogP contribution in [0.4, 0.5) is 0 Å². The van der Waals surface area contributed by atoms with Crippen LogP contribution >= 0.6 is 0 Å². The topological polar surface area (TPSA) is 3.88 Å². The molecular weight excluding hydrogens is 546 g/mol. The third-order valence-electron chi connectivity index (χ3n) is 9.71. The summed E-state index contributed by atoms with van der Waals surface area (Å²) in [6.07, 6.45) is 32.6. The molecule has 0 spiro atoms. The lowest BCUT2D eigenvalue weighted by Gasteiger charge is -2.32. The predicted octanol–water partition coefficient (Wildman–Crippen LogP) is 11.0. The molecule has 0 fully saturated rings. The van der Waals surface area contributed by atoms with Crippen molar-refractivity contribution in [2.75, 3.05) is 41.3 Å². The smallest absolute Gasteiger partial charge is 0.173 e. The van der Waals surface area contributed by atoms with E-state index < -0.39 is 0 Å². The second-order valence-corrected chi connectivity index (χ2v) is 15.7. The van der Waals surface area contributed by atoms with E-state index in [-0.39, 0.29) is 0 Å². The van der Waals surface area contributed by atoms with Crippen molar-refractivity contribution >= 4 is 0 Å². The normalized spacial score (nSPS) is 12.2. The van der Waals surface area contributed by atoms with Crippen molar-refractivity contribution in [1.82, 2.24) is 0 Å². The van der Waals surface area contributed by atoms with Crippen molar-refractivity contribution in [3.8, 4) is 0 Å². The molecule has 1 aromatic heterocycles. The zero-order valence-electron chi connectivity index (χ0n) is 31.1. The minimum Gasteiger partial charge on any atom is -0.325 e. The van der Waals surface area contributed by atoms with E-state index in [4.69, 9.17) is 0 Å². The molecule has 0 atom stereocenters. The number of hydrogen-bond donors (Lipinski definition) is 0. The molecule has 0 aliphatic heterocycles. The van der Waals surface area contributed by atoms with Crippen LogP contribution in [0, 0.1) is 0 Å². The fourth-order valence-corrected chi connectivity index (χ4v) is 7.06. The second-order valence-electron chi connectivity index (χ2n) is 15.7. The molecule has 3 nitrogen and oxygen atoms in total. The summed E-state index contributed by atoms with van der Waals surface area (Å²) < 4.78 is 4.47. The average Bonchev–Trinajstić information content (AvgIpc) is 2.99. The first-order valence-corrected chi connectivity index (χ1v) is 19.4. The quantitative estimate of drug-likeness (QED) is 0.0505. The fourth-order valence-electron chi connectivity index (χ4n) is 7.06. The van der Waals surface area contributed by atoms with Gasteiger partial charge in [0.15, 0.2) is 18.9 Å². The molecule has 0 radical (unpaired) electrons. The maximum atomic E-state index is 2.54. The zero-order valence-corrected chi connectivity index (χ0v) is 31.1. The van der Waals surface area contributed by atoms with Crippen LogP contribution in [0.25, 0.3) is 0 Å². The second kappa shape index (κ2) is 23.6. The standard InChI is InChI=1S/C42H76N3/c1-7-9-11-13-15-17-19-21-23-28-32-44(3,4)38-41-34-40(37-43-30-26-25-27-31-43)35-42(36-41)39-45(5,6)33-29-24-22-20-18-16-14-12-10-8-2/h25-27,30-31,34-36H,7-24,28-29,32-33,37-39H2,1-6H3/q+3. The molecule has 0 bridgehead atoms. The molecule has 45 heavy (non-hydrogen) atoms. The molecule has 0 amide bonds. The van der Waals surface area contributed by atoms with Crippen LogP contribution in [0.15, 0.2) is 48.8 Å². The molecule has 0 saturated carbocycles. The highest BCUT2D eigenvalue weighted by Gasteiger charge is 2.20. The number of benzene rings is 1. The van der Waals surface area contributed by atoms with E-state index >= 15 is 0 Å². The number of rotatable bonds is 28. The number of nitrogens with zero attached hydrogens (tertiary/aromatic N) is 3. The number of pyridine rings is 1. The summed E-state index contributed by atoms with van der Waals surface area (Å²) in [5, 5.41) is 0. The largest absolute Gasteiger partial charge is 0.325 e. The summed E-state index contributed by atoms with van der Waals surface area (Å²) in [4.78, 5) is 0. The van der Waals surface area contributed by atoms with Crippen molar-refractivity contribution < 1.29 is 13.5 Å². The van der Waals surface area contributed by atoms with Gasteiger partial charge in [-0.05, 0) is 43.9 Å². The summed E-state index contributed by atoms with van der Waals surface area (Å²) in [7, 11) is 9.77. The Morgan fingerprint density at radius 1 is 0.422 bits per heavy atom. The van der Waals surface area contributed by atoms with Crippen LogP contribution < -0.4 is 4.57 Å². The molecule has 0 aliphatic carbocycles. The molecule has 0 aliphatic rings. The molecular formula is C42H76N3+3. The average molecular weight is 623 g/mol. The molecule has 0 N–H and O–H groups in total. The van der Waals surface area contributed by atoms with Gasteiger partial charge in [0.25, 0.3) is 0 Å². The Labute approximate surface area is 281 Å². The Kier molecular flexibility index (Phi) is 20.7. The molecule has 0 saturated heterocycles. The zero-order chi connectivity index (χ0) is 32.6. The first-order chi connectivity index (χ1) is 21.7. The van der Waals surface area contributed by atoms with Crippen LogP contribution in [0.5, 0.6) is 0 Å². The van der Waals surface area contributed by atoms with Gasteiger partial charge >= 0.3 is 0 Å². The van der Waals surface area contributed by atoms with E-state index in [0.717, 1.165) is 28.6 Å². The van der Waals surface area contributed by atoms with Crippen LogP contribution in [-0.4, -0.2) is 50.2 Å². The van der Waals surface area contributed by atoms with Gasteiger partial charge in [-0.15, -0.1) is 0 Å². The third kappa shape index (κ3) is 20.2. The number of aromatic nitrogens is 1. The molecule has 256 valence electrons. The molecule has 2 rings (SSSR count). The monoisotopic (exact) mass is 623 g/mol. The van der Waals surface area contributed by atoms with Gasteiger partial charge in [-0.2, -0.15) is 0 Å².